The van der Waals surface area contributed by atoms with Crippen molar-refractivity contribution in [3.05, 3.63) is 20.7 Å². The fourth-order valence-electron chi connectivity index (χ4n) is 2.03. The fraction of sp³-hybridized carbons (Fsp3) is 0.600. The molecular formula is C10H12ClIN2O. The van der Waals surface area contributed by atoms with Gasteiger partial charge in [-0.2, -0.15) is 0 Å². The van der Waals surface area contributed by atoms with E-state index < -0.39 is 0 Å². The third-order valence-electron chi connectivity index (χ3n) is 2.91. The Kier molecular flexibility index (Phi) is 3.47. The van der Waals surface area contributed by atoms with Crippen LogP contribution in [0.4, 0.5) is 0 Å². The van der Waals surface area contributed by atoms with Crippen molar-refractivity contribution < 1.29 is 4.74 Å². The topological polar surface area (TPSA) is 35.0 Å². The minimum Gasteiger partial charge on any atom is -0.370 e. The molecule has 1 aromatic heterocycles. The highest BCUT2D eigenvalue weighted by molar-refractivity contribution is 14.1. The predicted molar refractivity (Wildman–Crippen MR) is 66.9 cm³/mol. The van der Waals surface area contributed by atoms with Crippen LogP contribution in [0, 0.1) is 3.57 Å². The van der Waals surface area contributed by atoms with Crippen LogP contribution >= 0.6 is 34.2 Å². The van der Waals surface area contributed by atoms with Crippen molar-refractivity contribution in [3.8, 4) is 0 Å². The van der Waals surface area contributed by atoms with Crippen LogP contribution < -0.4 is 0 Å². The van der Waals surface area contributed by atoms with Crippen molar-refractivity contribution in [1.29, 1.82) is 0 Å². The summed E-state index contributed by atoms with van der Waals surface area (Å²) in [7, 11) is 1.72. The number of ether oxygens (including phenoxy) is 1. The summed E-state index contributed by atoms with van der Waals surface area (Å²) >= 11 is 8.12. The molecule has 1 heterocycles. The van der Waals surface area contributed by atoms with Crippen LogP contribution in [0.3, 0.4) is 0 Å². The molecule has 0 saturated heterocycles. The summed E-state index contributed by atoms with van der Waals surface area (Å²) in [6, 6.07) is 0. The summed E-state index contributed by atoms with van der Waals surface area (Å²) in [5.41, 5.74) is -0.298. The van der Waals surface area contributed by atoms with E-state index in [9.17, 15) is 0 Å². The molecule has 1 fully saturated rings. The van der Waals surface area contributed by atoms with Crippen LogP contribution in [0.1, 0.15) is 31.5 Å². The van der Waals surface area contributed by atoms with E-state index in [-0.39, 0.29) is 5.60 Å². The Morgan fingerprint density at radius 2 is 2.13 bits per heavy atom. The molecular weight excluding hydrogens is 326 g/mol. The van der Waals surface area contributed by atoms with E-state index >= 15 is 0 Å². The van der Waals surface area contributed by atoms with Gasteiger partial charge < -0.3 is 4.74 Å². The third kappa shape index (κ3) is 2.12. The molecule has 1 aliphatic rings. The van der Waals surface area contributed by atoms with Gasteiger partial charge in [0.2, 0.25) is 0 Å². The molecule has 0 radical (unpaired) electrons. The molecule has 0 aromatic carbocycles. The molecule has 5 heteroatoms. The van der Waals surface area contributed by atoms with Crippen molar-refractivity contribution in [2.45, 2.75) is 31.3 Å². The summed E-state index contributed by atoms with van der Waals surface area (Å²) in [6.07, 6.45) is 6.06. The van der Waals surface area contributed by atoms with Gasteiger partial charge in [0.05, 0.1) is 3.57 Å². The average Bonchev–Trinajstić information content (AvgIpc) is 2.72. The lowest BCUT2D eigenvalue weighted by atomic mass is 10.0. The van der Waals surface area contributed by atoms with Gasteiger partial charge in [-0.15, -0.1) is 0 Å². The van der Waals surface area contributed by atoms with Gasteiger partial charge in [-0.3, -0.25) is 0 Å². The number of hydrogen-bond acceptors (Lipinski definition) is 3. The Hall–Kier alpha value is 0.0600. The van der Waals surface area contributed by atoms with Crippen LogP contribution in [0.5, 0.6) is 0 Å². The highest BCUT2D eigenvalue weighted by Crippen LogP contribution is 2.40. The van der Waals surface area contributed by atoms with Crippen LogP contribution in [0.15, 0.2) is 6.20 Å². The van der Waals surface area contributed by atoms with E-state index in [1.165, 1.54) is 12.8 Å². The number of nitrogens with zero attached hydrogens (tertiary/aromatic N) is 2. The molecule has 0 spiro atoms. The van der Waals surface area contributed by atoms with Gasteiger partial charge in [0.25, 0.3) is 0 Å². The number of aromatic nitrogens is 2. The van der Waals surface area contributed by atoms with Crippen molar-refractivity contribution in [1.82, 2.24) is 9.97 Å². The summed E-state index contributed by atoms with van der Waals surface area (Å²) in [5.74, 6) is 0.730. The zero-order valence-corrected chi connectivity index (χ0v) is 11.4. The lowest BCUT2D eigenvalue weighted by Crippen LogP contribution is -2.27. The predicted octanol–water partition coefficient (Wildman–Crippen LogP) is 3.15. The van der Waals surface area contributed by atoms with Gasteiger partial charge in [0.15, 0.2) is 5.82 Å². The summed E-state index contributed by atoms with van der Waals surface area (Å²) in [4.78, 5) is 8.66. The molecule has 0 atom stereocenters. The average molecular weight is 339 g/mol. The Labute approximate surface area is 108 Å². The van der Waals surface area contributed by atoms with E-state index in [0.717, 1.165) is 22.2 Å². The number of rotatable bonds is 2. The van der Waals surface area contributed by atoms with Crippen LogP contribution in [0.2, 0.25) is 5.15 Å². The standard InChI is InChI=1S/C10H12ClIN2O/c1-15-10(4-2-3-5-10)9-13-6-7(12)8(11)14-9/h6H,2-5H2,1H3. The largest absolute Gasteiger partial charge is 0.370 e. The van der Waals surface area contributed by atoms with Gasteiger partial charge in [-0.1, -0.05) is 11.6 Å². The van der Waals surface area contributed by atoms with Crippen LogP contribution in [-0.2, 0) is 10.3 Å². The van der Waals surface area contributed by atoms with E-state index in [4.69, 9.17) is 16.3 Å². The molecule has 0 unspecified atom stereocenters. The first-order valence-electron chi connectivity index (χ1n) is 4.92. The highest BCUT2D eigenvalue weighted by atomic mass is 127. The first-order chi connectivity index (χ1) is 7.18. The van der Waals surface area contributed by atoms with E-state index in [1.807, 2.05) is 0 Å². The molecule has 0 amide bonds. The minimum absolute atomic E-state index is 0.298. The molecule has 2 rings (SSSR count). The minimum atomic E-state index is -0.298. The van der Waals surface area contributed by atoms with Crippen molar-refractivity contribution in [2.24, 2.45) is 0 Å². The first kappa shape index (κ1) is 11.5. The Morgan fingerprint density at radius 1 is 1.47 bits per heavy atom. The molecule has 1 aliphatic carbocycles. The van der Waals surface area contributed by atoms with Crippen LogP contribution in [-0.4, -0.2) is 17.1 Å². The van der Waals surface area contributed by atoms with E-state index in [2.05, 4.69) is 32.6 Å². The van der Waals surface area contributed by atoms with Crippen molar-refractivity contribution in [2.75, 3.05) is 7.11 Å². The van der Waals surface area contributed by atoms with Crippen LogP contribution in [0.25, 0.3) is 0 Å². The number of hydrogen-bond donors (Lipinski definition) is 0. The Bertz CT molecular complexity index is 366. The second-order valence-electron chi connectivity index (χ2n) is 3.74. The molecule has 1 aromatic rings. The second kappa shape index (κ2) is 4.51. The van der Waals surface area contributed by atoms with Gasteiger partial charge in [-0.05, 0) is 48.3 Å². The molecule has 3 nitrogen and oxygen atoms in total. The van der Waals surface area contributed by atoms with Crippen molar-refractivity contribution >= 4 is 34.2 Å². The second-order valence-corrected chi connectivity index (χ2v) is 5.26. The van der Waals surface area contributed by atoms with Gasteiger partial charge in [-0.25, -0.2) is 9.97 Å². The maximum Gasteiger partial charge on any atom is 0.161 e. The maximum absolute atomic E-state index is 6.00. The molecule has 1 saturated carbocycles. The fourth-order valence-corrected chi connectivity index (χ4v) is 2.42. The smallest absolute Gasteiger partial charge is 0.161 e. The zero-order chi connectivity index (χ0) is 10.9. The summed E-state index contributed by atoms with van der Waals surface area (Å²) < 4.78 is 6.47. The zero-order valence-electron chi connectivity index (χ0n) is 8.46. The monoisotopic (exact) mass is 338 g/mol. The molecule has 82 valence electrons. The molecule has 0 N–H and O–H groups in total. The van der Waals surface area contributed by atoms with Gasteiger partial charge in [0, 0.05) is 13.3 Å². The van der Waals surface area contributed by atoms with Crippen molar-refractivity contribution in [3.63, 3.8) is 0 Å². The van der Waals surface area contributed by atoms with Gasteiger partial charge >= 0.3 is 0 Å². The lowest BCUT2D eigenvalue weighted by molar-refractivity contribution is -0.0163. The molecule has 0 bridgehead atoms. The molecule has 15 heavy (non-hydrogen) atoms. The maximum atomic E-state index is 6.00. The SMILES string of the molecule is COC1(c2ncc(I)c(Cl)n2)CCCC1. The summed E-state index contributed by atoms with van der Waals surface area (Å²) in [6.45, 7) is 0. The summed E-state index contributed by atoms with van der Waals surface area (Å²) in [5, 5.41) is 0.518. The van der Waals surface area contributed by atoms with Gasteiger partial charge in [0.1, 0.15) is 10.8 Å². The van der Waals surface area contributed by atoms with E-state index in [0.29, 0.717) is 5.15 Å². The lowest BCUT2D eigenvalue weighted by Gasteiger charge is -2.25. The quantitative estimate of drug-likeness (QED) is 0.614. The van der Waals surface area contributed by atoms with E-state index in [1.54, 1.807) is 13.3 Å². The number of halogens is 2. The third-order valence-corrected chi connectivity index (χ3v) is 4.31. The normalized spacial score (nSPS) is 19.4. The highest BCUT2D eigenvalue weighted by Gasteiger charge is 2.38. The Morgan fingerprint density at radius 3 is 2.67 bits per heavy atom. The first-order valence-corrected chi connectivity index (χ1v) is 6.37. The number of methoxy groups -OCH3 is 1. The Balaban J connectivity index is 2.38. The molecule has 0 aliphatic heterocycles.